The molecular weight excluding hydrogens is 216 g/mol. The van der Waals surface area contributed by atoms with Gasteiger partial charge in [-0.3, -0.25) is 10.1 Å². The summed E-state index contributed by atoms with van der Waals surface area (Å²) in [7, 11) is 0. The minimum absolute atomic E-state index is 0.120. The van der Waals surface area contributed by atoms with E-state index in [9.17, 15) is 9.59 Å². The summed E-state index contributed by atoms with van der Waals surface area (Å²) in [4.78, 5) is 23.8. The lowest BCUT2D eigenvalue weighted by Gasteiger charge is -2.13. The fourth-order valence-electron chi connectivity index (χ4n) is 1.82. The van der Waals surface area contributed by atoms with Gasteiger partial charge in [0.15, 0.2) is 0 Å². The van der Waals surface area contributed by atoms with Crippen molar-refractivity contribution in [3.05, 3.63) is 34.9 Å². The number of aryl methyl sites for hydroxylation is 1. The largest absolute Gasteiger partial charge is 0.324 e. The molecule has 0 radical (unpaired) electrons. The number of carbonyl (C=O) groups excluding carboxylic acids is 2. The van der Waals surface area contributed by atoms with Gasteiger partial charge in [0.2, 0.25) is 5.91 Å². The highest BCUT2D eigenvalue weighted by molar-refractivity contribution is 6.01. The van der Waals surface area contributed by atoms with Crippen molar-refractivity contribution in [1.82, 2.24) is 10.2 Å². The summed E-state index contributed by atoms with van der Waals surface area (Å²) in [6, 6.07) is 5.32. The zero-order valence-electron chi connectivity index (χ0n) is 9.49. The average molecular weight is 228 g/mol. The Morgan fingerprint density at radius 3 is 2.76 bits per heavy atom. The van der Waals surface area contributed by atoms with Gasteiger partial charge in [0, 0.05) is 12.1 Å². The molecule has 1 saturated heterocycles. The summed E-state index contributed by atoms with van der Waals surface area (Å²) in [5.74, 6) is 2.33. The topological polar surface area (TPSA) is 49.4 Å². The van der Waals surface area contributed by atoms with E-state index >= 15 is 0 Å². The summed E-state index contributed by atoms with van der Waals surface area (Å²) in [6.45, 7) is 2.46. The molecule has 0 aliphatic carbocycles. The SMILES string of the molecule is C#Cc1ccc(CN2CC(=O)NC2=O)cc1C. The van der Waals surface area contributed by atoms with Crippen LogP contribution in [0.3, 0.4) is 0 Å². The lowest BCUT2D eigenvalue weighted by molar-refractivity contribution is -0.118. The van der Waals surface area contributed by atoms with E-state index in [1.54, 1.807) is 0 Å². The Morgan fingerprint density at radius 2 is 2.24 bits per heavy atom. The van der Waals surface area contributed by atoms with Crippen LogP contribution in [0.1, 0.15) is 16.7 Å². The molecule has 86 valence electrons. The molecule has 1 aromatic carbocycles. The normalized spacial score (nSPS) is 14.7. The molecule has 1 aliphatic heterocycles. The molecule has 1 aromatic rings. The van der Waals surface area contributed by atoms with Gasteiger partial charge in [0.25, 0.3) is 0 Å². The molecule has 0 saturated carbocycles. The van der Waals surface area contributed by atoms with E-state index in [0.717, 1.165) is 16.7 Å². The number of hydrogen-bond acceptors (Lipinski definition) is 2. The molecule has 0 bridgehead atoms. The minimum Gasteiger partial charge on any atom is -0.311 e. The van der Waals surface area contributed by atoms with Gasteiger partial charge in [-0.15, -0.1) is 6.42 Å². The quantitative estimate of drug-likeness (QED) is 0.607. The van der Waals surface area contributed by atoms with Crippen LogP contribution < -0.4 is 5.32 Å². The number of benzene rings is 1. The van der Waals surface area contributed by atoms with E-state index in [1.165, 1.54) is 4.90 Å². The van der Waals surface area contributed by atoms with Crippen LogP contribution in [0, 0.1) is 19.3 Å². The first-order valence-electron chi connectivity index (χ1n) is 5.25. The zero-order chi connectivity index (χ0) is 12.4. The molecule has 0 unspecified atom stereocenters. The van der Waals surface area contributed by atoms with Crippen molar-refractivity contribution in [2.45, 2.75) is 13.5 Å². The van der Waals surface area contributed by atoms with Crippen molar-refractivity contribution in [3.8, 4) is 12.3 Å². The van der Waals surface area contributed by atoms with Crippen molar-refractivity contribution in [3.63, 3.8) is 0 Å². The Morgan fingerprint density at radius 1 is 1.47 bits per heavy atom. The highest BCUT2D eigenvalue weighted by Crippen LogP contribution is 2.13. The van der Waals surface area contributed by atoms with Gasteiger partial charge < -0.3 is 4.90 Å². The van der Waals surface area contributed by atoms with Crippen molar-refractivity contribution >= 4 is 11.9 Å². The number of hydrogen-bond donors (Lipinski definition) is 1. The van der Waals surface area contributed by atoms with Crippen molar-refractivity contribution in [2.24, 2.45) is 0 Å². The fraction of sp³-hybridized carbons (Fsp3) is 0.231. The zero-order valence-corrected chi connectivity index (χ0v) is 9.49. The molecule has 0 aromatic heterocycles. The highest BCUT2D eigenvalue weighted by atomic mass is 16.2. The maximum absolute atomic E-state index is 11.4. The third-order valence-corrected chi connectivity index (χ3v) is 2.69. The smallest absolute Gasteiger partial charge is 0.311 e. The van der Waals surface area contributed by atoms with Crippen LogP contribution in [0.4, 0.5) is 4.79 Å². The molecule has 1 aliphatic rings. The number of urea groups is 1. The molecule has 4 nitrogen and oxygen atoms in total. The van der Waals surface area contributed by atoms with Crippen molar-refractivity contribution in [2.75, 3.05) is 6.54 Å². The Kier molecular flexibility index (Phi) is 2.84. The molecule has 2 rings (SSSR count). The average Bonchev–Trinajstić information content (AvgIpc) is 2.58. The number of rotatable bonds is 2. The van der Waals surface area contributed by atoms with Crippen LogP contribution in [0.2, 0.25) is 0 Å². The Balaban J connectivity index is 2.15. The van der Waals surface area contributed by atoms with Crippen LogP contribution in [-0.4, -0.2) is 23.4 Å². The number of amides is 3. The monoisotopic (exact) mass is 228 g/mol. The lowest BCUT2D eigenvalue weighted by atomic mass is 10.1. The number of imide groups is 1. The van der Waals surface area contributed by atoms with Crippen LogP contribution in [0.25, 0.3) is 0 Å². The predicted octanol–water partition coefficient (Wildman–Crippen LogP) is 1.03. The molecule has 1 fully saturated rings. The maximum atomic E-state index is 11.4. The fourth-order valence-corrected chi connectivity index (χ4v) is 1.82. The Bertz CT molecular complexity index is 529. The minimum atomic E-state index is -0.339. The van der Waals surface area contributed by atoms with Crippen molar-refractivity contribution < 1.29 is 9.59 Å². The van der Waals surface area contributed by atoms with E-state index in [4.69, 9.17) is 6.42 Å². The van der Waals surface area contributed by atoms with Gasteiger partial charge in [0.05, 0.1) is 0 Å². The van der Waals surface area contributed by atoms with Gasteiger partial charge in [-0.1, -0.05) is 18.1 Å². The third-order valence-electron chi connectivity index (χ3n) is 2.69. The Labute approximate surface area is 99.6 Å². The molecule has 1 N–H and O–H groups in total. The second-order valence-electron chi connectivity index (χ2n) is 4.00. The molecular formula is C13H12N2O2. The number of terminal acetylenes is 1. The van der Waals surface area contributed by atoms with Crippen LogP contribution in [0.5, 0.6) is 0 Å². The summed E-state index contributed by atoms with van der Waals surface area (Å²) in [6.07, 6.45) is 5.34. The lowest BCUT2D eigenvalue weighted by Crippen LogP contribution is -2.27. The van der Waals surface area contributed by atoms with Crippen molar-refractivity contribution in [1.29, 1.82) is 0 Å². The highest BCUT2D eigenvalue weighted by Gasteiger charge is 2.26. The molecule has 0 atom stereocenters. The molecule has 0 spiro atoms. The summed E-state index contributed by atoms with van der Waals surface area (Å²) in [5, 5.41) is 2.24. The van der Waals surface area contributed by atoms with Gasteiger partial charge in [-0.2, -0.15) is 0 Å². The van der Waals surface area contributed by atoms with E-state index in [-0.39, 0.29) is 18.5 Å². The standard InChI is InChI=1S/C13H12N2O2/c1-3-11-5-4-10(6-9(11)2)7-15-8-12(16)14-13(15)17/h1,4-6H,7-8H2,2H3,(H,14,16,17). The number of nitrogens with one attached hydrogen (secondary N) is 1. The second kappa shape index (κ2) is 4.30. The van der Waals surface area contributed by atoms with Gasteiger partial charge in [-0.05, 0) is 24.1 Å². The first-order chi connectivity index (χ1) is 8.10. The van der Waals surface area contributed by atoms with E-state index in [2.05, 4.69) is 11.2 Å². The summed E-state index contributed by atoms with van der Waals surface area (Å²) >= 11 is 0. The molecule has 4 heteroatoms. The molecule has 17 heavy (non-hydrogen) atoms. The maximum Gasteiger partial charge on any atom is 0.324 e. The molecule has 1 heterocycles. The van der Waals surface area contributed by atoms with Crippen LogP contribution >= 0.6 is 0 Å². The van der Waals surface area contributed by atoms with E-state index in [0.29, 0.717) is 6.54 Å². The third kappa shape index (κ3) is 2.28. The van der Waals surface area contributed by atoms with Gasteiger partial charge in [-0.25, -0.2) is 4.79 Å². The second-order valence-corrected chi connectivity index (χ2v) is 4.00. The van der Waals surface area contributed by atoms with Crippen LogP contribution in [-0.2, 0) is 11.3 Å². The van der Waals surface area contributed by atoms with Crippen LogP contribution in [0.15, 0.2) is 18.2 Å². The first-order valence-corrected chi connectivity index (χ1v) is 5.25. The summed E-state index contributed by atoms with van der Waals surface area (Å²) < 4.78 is 0. The Hall–Kier alpha value is -2.28. The first kappa shape index (κ1) is 11.2. The van der Waals surface area contributed by atoms with E-state index in [1.807, 2.05) is 25.1 Å². The summed E-state index contributed by atoms with van der Waals surface area (Å²) in [5.41, 5.74) is 2.80. The van der Waals surface area contributed by atoms with Gasteiger partial charge in [0.1, 0.15) is 6.54 Å². The van der Waals surface area contributed by atoms with E-state index < -0.39 is 0 Å². The number of carbonyl (C=O) groups is 2. The molecule has 3 amide bonds. The number of nitrogens with zero attached hydrogens (tertiary/aromatic N) is 1. The van der Waals surface area contributed by atoms with Gasteiger partial charge >= 0.3 is 6.03 Å². The predicted molar refractivity (Wildman–Crippen MR) is 63.1 cm³/mol.